The van der Waals surface area contributed by atoms with Gasteiger partial charge in [-0.25, -0.2) is 9.78 Å². The summed E-state index contributed by atoms with van der Waals surface area (Å²) in [5.41, 5.74) is 7.46. The lowest BCUT2D eigenvalue weighted by Crippen LogP contribution is -2.07. The molecular formula is C13H13N3O2. The number of nitrogens with zero attached hydrogens (tertiary/aromatic N) is 1. The summed E-state index contributed by atoms with van der Waals surface area (Å²) in [6.07, 6.45) is 1.60. The lowest BCUT2D eigenvalue weighted by atomic mass is 10.2. The predicted molar refractivity (Wildman–Crippen MR) is 69.7 cm³/mol. The molecule has 0 atom stereocenters. The normalized spacial score (nSPS) is 9.83. The van der Waals surface area contributed by atoms with E-state index in [0.717, 1.165) is 5.69 Å². The fourth-order valence-electron chi connectivity index (χ4n) is 1.48. The van der Waals surface area contributed by atoms with Gasteiger partial charge in [0.1, 0.15) is 11.4 Å². The molecule has 0 aliphatic carbocycles. The number of carbonyl (C=O) groups is 1. The van der Waals surface area contributed by atoms with Crippen molar-refractivity contribution in [2.75, 3.05) is 18.2 Å². The molecule has 0 bridgehead atoms. The maximum absolute atomic E-state index is 11.6. The molecule has 1 aromatic carbocycles. The molecule has 0 saturated heterocycles. The topological polar surface area (TPSA) is 77.2 Å². The highest BCUT2D eigenvalue weighted by atomic mass is 16.5. The first-order chi connectivity index (χ1) is 8.70. The average Bonchev–Trinajstić information content (AvgIpc) is 2.41. The second-order valence-corrected chi connectivity index (χ2v) is 3.64. The van der Waals surface area contributed by atoms with Crippen molar-refractivity contribution in [1.29, 1.82) is 0 Å². The average molecular weight is 243 g/mol. The van der Waals surface area contributed by atoms with Gasteiger partial charge in [0.2, 0.25) is 0 Å². The van der Waals surface area contributed by atoms with E-state index in [9.17, 15) is 4.79 Å². The van der Waals surface area contributed by atoms with Gasteiger partial charge in [0, 0.05) is 17.6 Å². The van der Waals surface area contributed by atoms with Crippen molar-refractivity contribution in [3.8, 4) is 0 Å². The summed E-state index contributed by atoms with van der Waals surface area (Å²) in [7, 11) is 1.34. The number of benzene rings is 1. The summed E-state index contributed by atoms with van der Waals surface area (Å²) in [5, 5.41) is 3.05. The van der Waals surface area contributed by atoms with Gasteiger partial charge >= 0.3 is 5.97 Å². The monoisotopic (exact) mass is 243 g/mol. The summed E-state index contributed by atoms with van der Waals surface area (Å²) < 4.78 is 4.69. The van der Waals surface area contributed by atoms with Gasteiger partial charge in [0.05, 0.1) is 7.11 Å². The van der Waals surface area contributed by atoms with Crippen LogP contribution in [0.1, 0.15) is 10.4 Å². The van der Waals surface area contributed by atoms with Gasteiger partial charge in [0.25, 0.3) is 0 Å². The van der Waals surface area contributed by atoms with Crippen LogP contribution in [0.2, 0.25) is 0 Å². The van der Waals surface area contributed by atoms with Crippen LogP contribution in [-0.4, -0.2) is 18.1 Å². The van der Waals surface area contributed by atoms with E-state index in [0.29, 0.717) is 17.1 Å². The minimum absolute atomic E-state index is 0.386. The molecule has 0 spiro atoms. The van der Waals surface area contributed by atoms with Crippen molar-refractivity contribution in [3.63, 3.8) is 0 Å². The number of nitrogens with one attached hydrogen (secondary N) is 1. The van der Waals surface area contributed by atoms with Crippen molar-refractivity contribution in [3.05, 3.63) is 48.2 Å². The lowest BCUT2D eigenvalue weighted by molar-refractivity contribution is 0.0601. The van der Waals surface area contributed by atoms with E-state index in [1.165, 1.54) is 7.11 Å². The van der Waals surface area contributed by atoms with Crippen molar-refractivity contribution in [1.82, 2.24) is 4.98 Å². The molecule has 1 aromatic heterocycles. The van der Waals surface area contributed by atoms with Crippen molar-refractivity contribution in [2.45, 2.75) is 0 Å². The Morgan fingerprint density at radius 3 is 2.67 bits per heavy atom. The highest BCUT2D eigenvalue weighted by Crippen LogP contribution is 2.19. The molecule has 3 N–H and O–H groups in total. The molecule has 92 valence electrons. The Morgan fingerprint density at radius 2 is 2.00 bits per heavy atom. The molecule has 0 radical (unpaired) electrons. The fourth-order valence-corrected chi connectivity index (χ4v) is 1.48. The summed E-state index contributed by atoms with van der Waals surface area (Å²) in [6.45, 7) is 0. The molecule has 2 aromatic rings. The van der Waals surface area contributed by atoms with Crippen LogP contribution in [0.25, 0.3) is 0 Å². The molecule has 1 heterocycles. The van der Waals surface area contributed by atoms with E-state index in [1.54, 1.807) is 30.5 Å². The van der Waals surface area contributed by atoms with Crippen LogP contribution in [0.15, 0.2) is 42.6 Å². The number of aromatic nitrogens is 1. The first kappa shape index (κ1) is 11.9. The lowest BCUT2D eigenvalue weighted by Gasteiger charge is -2.09. The van der Waals surface area contributed by atoms with Crippen LogP contribution in [0.4, 0.5) is 17.2 Å². The van der Waals surface area contributed by atoms with Gasteiger partial charge < -0.3 is 15.8 Å². The number of rotatable bonds is 3. The zero-order valence-electron chi connectivity index (χ0n) is 9.88. The molecule has 0 aliphatic heterocycles. The molecule has 2 rings (SSSR count). The largest absolute Gasteiger partial charge is 0.465 e. The van der Waals surface area contributed by atoms with Gasteiger partial charge in [-0.3, -0.25) is 0 Å². The van der Waals surface area contributed by atoms with E-state index >= 15 is 0 Å². The Hall–Kier alpha value is -2.56. The van der Waals surface area contributed by atoms with Crippen molar-refractivity contribution >= 4 is 23.2 Å². The standard InChI is InChI=1S/C13H13N3O2/c1-18-13(17)11-3-2-8-15-12(11)16-10-6-4-9(14)5-7-10/h2-8H,14H2,1H3,(H,15,16). The molecule has 0 amide bonds. The fraction of sp³-hybridized carbons (Fsp3) is 0.0769. The second-order valence-electron chi connectivity index (χ2n) is 3.64. The molecular weight excluding hydrogens is 230 g/mol. The first-order valence-electron chi connectivity index (χ1n) is 5.36. The number of esters is 1. The minimum atomic E-state index is -0.430. The number of methoxy groups -OCH3 is 1. The van der Waals surface area contributed by atoms with Crippen LogP contribution in [0, 0.1) is 0 Å². The Bertz CT molecular complexity index is 552. The molecule has 5 heteroatoms. The Labute approximate surface area is 105 Å². The summed E-state index contributed by atoms with van der Waals surface area (Å²) >= 11 is 0. The smallest absolute Gasteiger partial charge is 0.341 e. The summed E-state index contributed by atoms with van der Waals surface area (Å²) in [6, 6.07) is 10.5. The minimum Gasteiger partial charge on any atom is -0.465 e. The van der Waals surface area contributed by atoms with Gasteiger partial charge in [-0.05, 0) is 36.4 Å². The van der Waals surface area contributed by atoms with Gasteiger partial charge in [-0.2, -0.15) is 0 Å². The van der Waals surface area contributed by atoms with Gasteiger partial charge in [0.15, 0.2) is 0 Å². The summed E-state index contributed by atoms with van der Waals surface area (Å²) in [5.74, 6) is 0.0233. The number of anilines is 3. The number of hydrogen-bond acceptors (Lipinski definition) is 5. The number of pyridine rings is 1. The van der Waals surface area contributed by atoms with E-state index in [1.807, 2.05) is 12.1 Å². The molecule has 0 unspecified atom stereocenters. The third kappa shape index (κ3) is 2.57. The zero-order valence-corrected chi connectivity index (χ0v) is 9.88. The van der Waals surface area contributed by atoms with Gasteiger partial charge in [-0.15, -0.1) is 0 Å². The van der Waals surface area contributed by atoms with Crippen LogP contribution >= 0.6 is 0 Å². The number of hydrogen-bond donors (Lipinski definition) is 2. The van der Waals surface area contributed by atoms with E-state index in [2.05, 4.69) is 10.3 Å². The summed E-state index contributed by atoms with van der Waals surface area (Å²) in [4.78, 5) is 15.7. The van der Waals surface area contributed by atoms with Crippen molar-refractivity contribution < 1.29 is 9.53 Å². The van der Waals surface area contributed by atoms with E-state index in [-0.39, 0.29) is 0 Å². The van der Waals surface area contributed by atoms with Crippen LogP contribution in [0.5, 0.6) is 0 Å². The first-order valence-corrected chi connectivity index (χ1v) is 5.36. The Balaban J connectivity index is 2.28. The number of nitrogen functional groups attached to an aromatic ring is 1. The highest BCUT2D eigenvalue weighted by Gasteiger charge is 2.12. The van der Waals surface area contributed by atoms with E-state index in [4.69, 9.17) is 10.5 Å². The number of nitrogens with two attached hydrogens (primary N) is 1. The quantitative estimate of drug-likeness (QED) is 0.638. The van der Waals surface area contributed by atoms with Crippen LogP contribution in [0.3, 0.4) is 0 Å². The third-order valence-corrected chi connectivity index (χ3v) is 2.39. The molecule has 5 nitrogen and oxygen atoms in total. The molecule has 0 aliphatic rings. The maximum Gasteiger partial charge on any atom is 0.341 e. The molecule has 0 saturated carbocycles. The third-order valence-electron chi connectivity index (χ3n) is 2.39. The predicted octanol–water partition coefficient (Wildman–Crippen LogP) is 2.19. The molecule has 18 heavy (non-hydrogen) atoms. The van der Waals surface area contributed by atoms with Crippen molar-refractivity contribution in [2.24, 2.45) is 0 Å². The van der Waals surface area contributed by atoms with Crippen LogP contribution in [-0.2, 0) is 4.74 Å². The Morgan fingerprint density at radius 1 is 1.28 bits per heavy atom. The van der Waals surface area contributed by atoms with Crippen LogP contribution < -0.4 is 11.1 Å². The highest BCUT2D eigenvalue weighted by molar-refractivity contribution is 5.95. The number of carbonyl (C=O) groups excluding carboxylic acids is 1. The number of ether oxygens (including phenoxy) is 1. The maximum atomic E-state index is 11.6. The second kappa shape index (κ2) is 5.18. The molecule has 0 fully saturated rings. The zero-order chi connectivity index (χ0) is 13.0. The van der Waals surface area contributed by atoms with Gasteiger partial charge in [-0.1, -0.05) is 0 Å². The van der Waals surface area contributed by atoms with E-state index < -0.39 is 5.97 Å². The Kier molecular flexibility index (Phi) is 3.43. The SMILES string of the molecule is COC(=O)c1cccnc1Nc1ccc(N)cc1.